The largest absolute Gasteiger partial charge is 0.493 e. The van der Waals surface area contributed by atoms with Crippen LogP contribution in [0.15, 0.2) is 18.2 Å². The van der Waals surface area contributed by atoms with Crippen LogP contribution >= 0.6 is 0 Å². The molecule has 0 aromatic heterocycles. The van der Waals surface area contributed by atoms with Crippen molar-refractivity contribution in [3.8, 4) is 34.5 Å². The maximum atomic E-state index is 9.61. The topological polar surface area (TPSA) is 75.6 Å². The Morgan fingerprint density at radius 1 is 0.794 bits per heavy atom. The van der Waals surface area contributed by atoms with Crippen LogP contribution in [0.2, 0.25) is 0 Å². The van der Waals surface area contributed by atoms with E-state index in [2.05, 4.69) is 13.1 Å². The molecule has 8 nitrogen and oxygen atoms in total. The molecule has 8 heteroatoms. The molecule has 0 amide bonds. The number of hydrogen-bond acceptors (Lipinski definition) is 7. The van der Waals surface area contributed by atoms with E-state index in [1.165, 1.54) is 5.56 Å². The Labute approximate surface area is 202 Å². The lowest BCUT2D eigenvalue weighted by Crippen LogP contribution is -2.52. The minimum absolute atomic E-state index is 0.0489. The first-order valence-electron chi connectivity index (χ1n) is 11.5. The van der Waals surface area contributed by atoms with Crippen molar-refractivity contribution in [1.29, 1.82) is 0 Å². The van der Waals surface area contributed by atoms with Crippen LogP contribution in [-0.2, 0) is 12.8 Å². The highest BCUT2D eigenvalue weighted by atomic mass is 16.5. The Morgan fingerprint density at radius 3 is 1.85 bits per heavy atom. The molecule has 0 unspecified atom stereocenters. The van der Waals surface area contributed by atoms with Crippen LogP contribution in [0.25, 0.3) is 0 Å². The molecule has 1 aliphatic rings. The molecule has 0 aliphatic carbocycles. The van der Waals surface area contributed by atoms with Gasteiger partial charge in [-0.25, -0.2) is 0 Å². The Balaban J connectivity index is 2.20. The number of aliphatic hydroxyl groups excluding tert-OH is 1. The van der Waals surface area contributed by atoms with Gasteiger partial charge in [0.05, 0.1) is 68.4 Å². The van der Waals surface area contributed by atoms with E-state index in [4.69, 9.17) is 28.4 Å². The Morgan fingerprint density at radius 2 is 1.35 bits per heavy atom. The predicted molar refractivity (Wildman–Crippen MR) is 130 cm³/mol. The summed E-state index contributed by atoms with van der Waals surface area (Å²) in [4.78, 5) is 0. The Hall–Kier alpha value is -2.84. The van der Waals surface area contributed by atoms with E-state index in [1.807, 2.05) is 12.1 Å². The molecule has 0 bridgehead atoms. The molecule has 0 spiro atoms. The molecule has 3 rings (SSSR count). The zero-order chi connectivity index (χ0) is 24.9. The van der Waals surface area contributed by atoms with Crippen molar-refractivity contribution in [2.45, 2.75) is 25.3 Å². The second-order valence-electron chi connectivity index (χ2n) is 8.73. The van der Waals surface area contributed by atoms with Crippen molar-refractivity contribution in [3.63, 3.8) is 0 Å². The van der Waals surface area contributed by atoms with Crippen LogP contribution in [-0.4, -0.2) is 79.0 Å². The lowest BCUT2D eigenvalue weighted by Gasteiger charge is -2.46. The molecule has 2 aromatic rings. The van der Waals surface area contributed by atoms with Gasteiger partial charge in [0.25, 0.3) is 0 Å². The van der Waals surface area contributed by atoms with E-state index in [9.17, 15) is 5.11 Å². The van der Waals surface area contributed by atoms with Gasteiger partial charge in [-0.05, 0) is 29.3 Å². The summed E-state index contributed by atoms with van der Waals surface area (Å²) in [5.74, 6) is 3.76. The molecule has 0 saturated heterocycles. The summed E-state index contributed by atoms with van der Waals surface area (Å²) >= 11 is 0. The molecule has 0 radical (unpaired) electrons. The van der Waals surface area contributed by atoms with E-state index >= 15 is 0 Å². The van der Waals surface area contributed by atoms with E-state index in [0.29, 0.717) is 47.3 Å². The molecule has 2 aromatic carbocycles. The summed E-state index contributed by atoms with van der Waals surface area (Å²) in [6.45, 7) is 1.92. The minimum Gasteiger partial charge on any atom is -0.493 e. The highest BCUT2D eigenvalue weighted by Crippen LogP contribution is 2.50. The van der Waals surface area contributed by atoms with Crippen LogP contribution < -0.4 is 28.4 Å². The van der Waals surface area contributed by atoms with E-state index in [1.54, 1.807) is 42.7 Å². The van der Waals surface area contributed by atoms with Crippen molar-refractivity contribution in [2.24, 2.45) is 0 Å². The van der Waals surface area contributed by atoms with Gasteiger partial charge in [-0.2, -0.15) is 0 Å². The lowest BCUT2D eigenvalue weighted by molar-refractivity contribution is -0.941. The van der Waals surface area contributed by atoms with Gasteiger partial charge in [-0.3, -0.25) is 0 Å². The summed E-state index contributed by atoms with van der Waals surface area (Å²) in [5, 5.41) is 9.61. The summed E-state index contributed by atoms with van der Waals surface area (Å²) in [5.41, 5.74) is 3.35. The van der Waals surface area contributed by atoms with Gasteiger partial charge in [0, 0.05) is 25.9 Å². The fourth-order valence-corrected chi connectivity index (χ4v) is 5.14. The predicted octanol–water partition coefficient (Wildman–Crippen LogP) is 3.41. The molecule has 0 fully saturated rings. The number of ether oxygens (including phenoxy) is 6. The molecule has 1 heterocycles. The van der Waals surface area contributed by atoms with Crippen LogP contribution in [0, 0.1) is 0 Å². The van der Waals surface area contributed by atoms with Crippen molar-refractivity contribution in [3.05, 3.63) is 34.9 Å². The summed E-state index contributed by atoms with van der Waals surface area (Å²) in [6.07, 6.45) is 2.30. The fraction of sp³-hybridized carbons (Fsp3) is 0.538. The number of methoxy groups -OCH3 is 6. The quantitative estimate of drug-likeness (QED) is 0.498. The number of benzene rings is 2. The van der Waals surface area contributed by atoms with Gasteiger partial charge < -0.3 is 38.0 Å². The van der Waals surface area contributed by atoms with Gasteiger partial charge in [-0.15, -0.1) is 0 Å². The molecule has 188 valence electrons. The average Bonchev–Trinajstić information content (AvgIpc) is 2.87. The molecule has 0 saturated carbocycles. The number of rotatable bonds is 11. The highest BCUT2D eigenvalue weighted by Gasteiger charge is 2.42. The van der Waals surface area contributed by atoms with Crippen molar-refractivity contribution in [1.82, 2.24) is 0 Å². The third-order valence-electron chi connectivity index (χ3n) is 6.91. The smallest absolute Gasteiger partial charge is 0.203 e. The first-order valence-corrected chi connectivity index (χ1v) is 11.5. The second kappa shape index (κ2) is 11.1. The summed E-state index contributed by atoms with van der Waals surface area (Å²) in [7, 11) is 12.0. The van der Waals surface area contributed by atoms with Crippen molar-refractivity contribution in [2.75, 3.05) is 69.4 Å². The maximum Gasteiger partial charge on any atom is 0.203 e. The van der Waals surface area contributed by atoms with Crippen molar-refractivity contribution >= 4 is 0 Å². The Bertz CT molecular complexity index is 969. The third kappa shape index (κ3) is 4.70. The Kier molecular flexibility index (Phi) is 8.38. The molecule has 34 heavy (non-hydrogen) atoms. The van der Waals surface area contributed by atoms with Crippen LogP contribution in [0.4, 0.5) is 0 Å². The number of nitrogens with zero attached hydrogens (tertiary/aromatic N) is 1. The van der Waals surface area contributed by atoms with Gasteiger partial charge in [0.2, 0.25) is 11.5 Å². The van der Waals surface area contributed by atoms with Gasteiger partial charge >= 0.3 is 0 Å². The van der Waals surface area contributed by atoms with Gasteiger partial charge in [0.1, 0.15) is 6.04 Å². The number of quaternary nitrogens is 1. The normalized spacial score (nSPS) is 19.2. The maximum absolute atomic E-state index is 9.61. The van der Waals surface area contributed by atoms with Crippen LogP contribution in [0.5, 0.6) is 34.5 Å². The van der Waals surface area contributed by atoms with Crippen molar-refractivity contribution < 1.29 is 38.0 Å². The number of fused-ring (bicyclic) bond motifs is 1. The summed E-state index contributed by atoms with van der Waals surface area (Å²) in [6, 6.07) is 6.11. The number of aliphatic hydroxyl groups is 1. The third-order valence-corrected chi connectivity index (χ3v) is 6.91. The first-order chi connectivity index (χ1) is 16.4. The lowest BCUT2D eigenvalue weighted by atomic mass is 9.85. The van der Waals surface area contributed by atoms with E-state index in [0.717, 1.165) is 35.1 Å². The number of hydrogen-bond donors (Lipinski definition) is 1. The zero-order valence-corrected chi connectivity index (χ0v) is 21.4. The highest BCUT2D eigenvalue weighted by molar-refractivity contribution is 5.61. The van der Waals surface area contributed by atoms with Crippen LogP contribution in [0.1, 0.15) is 29.2 Å². The molecular weight excluding hydrogens is 438 g/mol. The molecular formula is C26H38NO7+. The zero-order valence-electron chi connectivity index (χ0n) is 21.4. The molecule has 1 N–H and O–H groups in total. The minimum atomic E-state index is 0.0489. The SMILES string of the molecule is COc1cc(C[C@@H]2c3c(cc(OC)c(OC)c3OC)CC[N@@+]2(C)CCCO)cc(OC)c1OC. The van der Waals surface area contributed by atoms with Gasteiger partial charge in [-0.1, -0.05) is 0 Å². The fourth-order valence-electron chi connectivity index (χ4n) is 5.14. The number of likely N-dealkylation sites (N-methyl/N-ethyl adjacent to an activating group) is 1. The average molecular weight is 477 g/mol. The monoisotopic (exact) mass is 476 g/mol. The second-order valence-corrected chi connectivity index (χ2v) is 8.73. The van der Waals surface area contributed by atoms with Gasteiger partial charge in [0.15, 0.2) is 23.0 Å². The molecule has 2 atom stereocenters. The van der Waals surface area contributed by atoms with E-state index < -0.39 is 0 Å². The van der Waals surface area contributed by atoms with E-state index in [-0.39, 0.29) is 12.6 Å². The standard InChI is InChI=1S/C26H38NO7/c1-27(10-8-12-28)11-9-18-16-22(31-4)25(33-6)26(34-7)23(18)19(27)13-17-14-20(29-2)24(32-5)21(15-17)30-3/h14-16,19,28H,8-13H2,1-7H3/q+1/t19-,27-/m1/s1. The van der Waals surface area contributed by atoms with Crippen LogP contribution in [0.3, 0.4) is 0 Å². The first kappa shape index (κ1) is 25.8. The molecule has 1 aliphatic heterocycles. The summed E-state index contributed by atoms with van der Waals surface area (Å²) < 4.78 is 34.7.